The first-order valence-corrected chi connectivity index (χ1v) is 5.16. The van der Waals surface area contributed by atoms with E-state index in [1.165, 1.54) is 0 Å². The molecule has 0 amide bonds. The third-order valence-corrected chi connectivity index (χ3v) is 3.30. The van der Waals surface area contributed by atoms with Crippen LogP contribution < -0.4 is 5.73 Å². The van der Waals surface area contributed by atoms with E-state index in [-0.39, 0.29) is 12.3 Å². The summed E-state index contributed by atoms with van der Waals surface area (Å²) in [6, 6.07) is -0.944. The molecule has 4 nitrogen and oxygen atoms in total. The first-order valence-electron chi connectivity index (χ1n) is 5.16. The van der Waals surface area contributed by atoms with Gasteiger partial charge in [-0.3, -0.25) is 4.79 Å². The molecule has 0 saturated heterocycles. The van der Waals surface area contributed by atoms with Gasteiger partial charge in [0, 0.05) is 6.42 Å². The zero-order chi connectivity index (χ0) is 10.8. The summed E-state index contributed by atoms with van der Waals surface area (Å²) in [7, 11) is 0. The fourth-order valence-electron chi connectivity index (χ4n) is 2.17. The van der Waals surface area contributed by atoms with Crippen LogP contribution in [0.3, 0.4) is 0 Å². The molecule has 4 heteroatoms. The van der Waals surface area contributed by atoms with Gasteiger partial charge in [-0.05, 0) is 18.8 Å². The van der Waals surface area contributed by atoms with E-state index < -0.39 is 17.6 Å². The number of aliphatic hydroxyl groups is 1. The Balaban J connectivity index is 2.59. The average Bonchev–Trinajstić information content (AvgIpc) is 2.10. The summed E-state index contributed by atoms with van der Waals surface area (Å²) in [5.41, 5.74) is 4.57. The first kappa shape index (κ1) is 11.5. The summed E-state index contributed by atoms with van der Waals surface area (Å²) < 4.78 is 0. The molecule has 1 unspecified atom stereocenters. The summed E-state index contributed by atoms with van der Waals surface area (Å²) in [6.07, 6.45) is 3.89. The van der Waals surface area contributed by atoms with E-state index >= 15 is 0 Å². The highest BCUT2D eigenvalue weighted by molar-refractivity contribution is 5.73. The fourth-order valence-corrected chi connectivity index (χ4v) is 2.17. The summed E-state index contributed by atoms with van der Waals surface area (Å²) in [5.74, 6) is -0.877. The van der Waals surface area contributed by atoms with Crippen molar-refractivity contribution in [3.05, 3.63) is 0 Å². The Kier molecular flexibility index (Phi) is 3.50. The molecule has 1 aliphatic carbocycles. The Morgan fingerprint density at radius 1 is 1.64 bits per heavy atom. The number of nitrogens with two attached hydrogens (primary N) is 1. The van der Waals surface area contributed by atoms with Gasteiger partial charge >= 0.3 is 5.97 Å². The van der Waals surface area contributed by atoms with Crippen molar-refractivity contribution in [1.29, 1.82) is 0 Å². The number of hydrogen-bond donors (Lipinski definition) is 3. The molecule has 0 aromatic heterocycles. The molecule has 4 N–H and O–H groups in total. The minimum atomic E-state index is -1.03. The molecule has 0 bridgehead atoms. The lowest BCUT2D eigenvalue weighted by atomic mass is 9.73. The minimum Gasteiger partial charge on any atom is -0.480 e. The molecule has 0 aliphatic heterocycles. The number of carboxylic acid groups (broad SMARTS) is 1. The maximum absolute atomic E-state index is 10.6. The van der Waals surface area contributed by atoms with E-state index in [1.54, 1.807) is 0 Å². The lowest BCUT2D eigenvalue weighted by Crippen LogP contribution is -2.46. The molecular weight excluding hydrogens is 182 g/mol. The summed E-state index contributed by atoms with van der Waals surface area (Å²) in [6.45, 7) is 1.97. The van der Waals surface area contributed by atoms with Gasteiger partial charge in [-0.1, -0.05) is 19.8 Å². The monoisotopic (exact) mass is 201 g/mol. The highest BCUT2D eigenvalue weighted by atomic mass is 16.4. The van der Waals surface area contributed by atoms with Crippen molar-refractivity contribution in [1.82, 2.24) is 0 Å². The molecule has 0 spiro atoms. The molecular formula is C10H19NO3. The molecule has 0 radical (unpaired) electrons. The van der Waals surface area contributed by atoms with Crippen LogP contribution in [-0.2, 0) is 4.79 Å². The highest BCUT2D eigenvalue weighted by Crippen LogP contribution is 2.36. The second kappa shape index (κ2) is 4.28. The van der Waals surface area contributed by atoms with Gasteiger partial charge < -0.3 is 15.9 Å². The van der Waals surface area contributed by atoms with Crippen LogP contribution in [0.15, 0.2) is 0 Å². The maximum Gasteiger partial charge on any atom is 0.320 e. The van der Waals surface area contributed by atoms with E-state index in [1.807, 2.05) is 6.92 Å². The Hall–Kier alpha value is -0.610. The largest absolute Gasteiger partial charge is 0.480 e. The van der Waals surface area contributed by atoms with Crippen LogP contribution in [0.5, 0.6) is 0 Å². The summed E-state index contributed by atoms with van der Waals surface area (Å²) >= 11 is 0. The lowest BCUT2D eigenvalue weighted by molar-refractivity contribution is -0.141. The predicted octanol–water partition coefficient (Wildman–Crippen LogP) is 0.730. The second-order valence-corrected chi connectivity index (χ2v) is 4.40. The molecule has 3 atom stereocenters. The van der Waals surface area contributed by atoms with E-state index in [0.29, 0.717) is 6.42 Å². The van der Waals surface area contributed by atoms with Gasteiger partial charge in [0.2, 0.25) is 0 Å². The molecule has 0 aromatic rings. The third-order valence-electron chi connectivity index (χ3n) is 3.30. The van der Waals surface area contributed by atoms with Crippen LogP contribution in [0.25, 0.3) is 0 Å². The average molecular weight is 201 g/mol. The van der Waals surface area contributed by atoms with Gasteiger partial charge in [0.05, 0.1) is 5.60 Å². The number of rotatable bonds is 3. The van der Waals surface area contributed by atoms with Crippen molar-refractivity contribution in [3.8, 4) is 0 Å². The zero-order valence-corrected chi connectivity index (χ0v) is 8.57. The quantitative estimate of drug-likeness (QED) is 0.628. The van der Waals surface area contributed by atoms with Crippen LogP contribution in [0.1, 0.15) is 39.0 Å². The summed E-state index contributed by atoms with van der Waals surface area (Å²) in [4.78, 5) is 10.6. The number of carbonyl (C=O) groups is 1. The van der Waals surface area contributed by atoms with Gasteiger partial charge in [0.15, 0.2) is 0 Å². The molecule has 14 heavy (non-hydrogen) atoms. The second-order valence-electron chi connectivity index (χ2n) is 4.40. The molecule has 1 fully saturated rings. The molecule has 1 aliphatic rings. The van der Waals surface area contributed by atoms with Crippen LogP contribution >= 0.6 is 0 Å². The van der Waals surface area contributed by atoms with Crippen LogP contribution in [0, 0.1) is 5.92 Å². The van der Waals surface area contributed by atoms with Gasteiger partial charge in [-0.15, -0.1) is 0 Å². The smallest absolute Gasteiger partial charge is 0.320 e. The Labute approximate surface area is 84.1 Å². The van der Waals surface area contributed by atoms with Gasteiger partial charge in [0.25, 0.3) is 0 Å². The van der Waals surface area contributed by atoms with E-state index in [9.17, 15) is 9.90 Å². The zero-order valence-electron chi connectivity index (χ0n) is 8.57. The SMILES string of the molecule is C[C@H]1CCCCC1(O)C[C@H](N)C(=O)O. The lowest BCUT2D eigenvalue weighted by Gasteiger charge is -2.39. The molecule has 0 heterocycles. The van der Waals surface area contributed by atoms with Crippen molar-refractivity contribution in [2.45, 2.75) is 50.7 Å². The topological polar surface area (TPSA) is 83.5 Å². The molecule has 1 rings (SSSR count). The minimum absolute atomic E-state index is 0.154. The van der Waals surface area contributed by atoms with E-state index in [2.05, 4.69) is 0 Å². The van der Waals surface area contributed by atoms with Crippen molar-refractivity contribution in [3.63, 3.8) is 0 Å². The van der Waals surface area contributed by atoms with Crippen molar-refractivity contribution >= 4 is 5.97 Å². The van der Waals surface area contributed by atoms with Gasteiger partial charge in [-0.25, -0.2) is 0 Å². The van der Waals surface area contributed by atoms with Gasteiger partial charge in [-0.2, -0.15) is 0 Å². The number of hydrogen-bond acceptors (Lipinski definition) is 3. The van der Waals surface area contributed by atoms with Crippen molar-refractivity contribution in [2.75, 3.05) is 0 Å². The molecule has 0 aromatic carbocycles. The van der Waals surface area contributed by atoms with Crippen LogP contribution in [0.4, 0.5) is 0 Å². The Morgan fingerprint density at radius 3 is 2.79 bits per heavy atom. The number of carboxylic acids is 1. The van der Waals surface area contributed by atoms with E-state index in [0.717, 1.165) is 19.3 Å². The number of aliphatic carboxylic acids is 1. The normalized spacial score (nSPS) is 35.2. The third kappa shape index (κ3) is 2.45. The highest BCUT2D eigenvalue weighted by Gasteiger charge is 2.38. The predicted molar refractivity (Wildman–Crippen MR) is 52.8 cm³/mol. The summed E-state index contributed by atoms with van der Waals surface area (Å²) in [5, 5.41) is 18.9. The van der Waals surface area contributed by atoms with Crippen LogP contribution in [0.2, 0.25) is 0 Å². The standard InChI is InChI=1S/C10H19NO3/c1-7-4-2-3-5-10(7,14)6-8(11)9(12)13/h7-8,14H,2-6,11H2,1H3,(H,12,13)/t7-,8-,10?/m0/s1. The van der Waals surface area contributed by atoms with Crippen molar-refractivity contribution < 1.29 is 15.0 Å². The van der Waals surface area contributed by atoms with E-state index in [4.69, 9.17) is 10.8 Å². The molecule has 82 valence electrons. The Bertz CT molecular complexity index is 219. The molecule has 1 saturated carbocycles. The van der Waals surface area contributed by atoms with Crippen molar-refractivity contribution in [2.24, 2.45) is 11.7 Å². The first-order chi connectivity index (χ1) is 6.46. The van der Waals surface area contributed by atoms with Crippen LogP contribution in [-0.4, -0.2) is 27.8 Å². The van der Waals surface area contributed by atoms with Gasteiger partial charge in [0.1, 0.15) is 6.04 Å². The maximum atomic E-state index is 10.6. The Morgan fingerprint density at radius 2 is 2.29 bits per heavy atom. The fraction of sp³-hybridized carbons (Fsp3) is 0.900.